The first-order valence-electron chi connectivity index (χ1n) is 8.38. The summed E-state index contributed by atoms with van der Waals surface area (Å²) in [6, 6.07) is 4.49. The molecule has 0 unspecified atom stereocenters. The van der Waals surface area contributed by atoms with Crippen molar-refractivity contribution in [3.05, 3.63) is 55.6 Å². The molecule has 10 heteroatoms. The third-order valence-electron chi connectivity index (χ3n) is 5.15. The van der Waals surface area contributed by atoms with Crippen molar-refractivity contribution in [3.8, 4) is 0 Å². The van der Waals surface area contributed by atoms with E-state index in [2.05, 4.69) is 0 Å². The van der Waals surface area contributed by atoms with Crippen molar-refractivity contribution in [2.24, 2.45) is 0 Å². The lowest BCUT2D eigenvalue weighted by molar-refractivity contribution is -0.385. The summed E-state index contributed by atoms with van der Waals surface area (Å²) >= 11 is 0. The van der Waals surface area contributed by atoms with Crippen LogP contribution in [-0.2, 0) is 0 Å². The lowest BCUT2D eigenvalue weighted by atomic mass is 9.91. The Balaban J connectivity index is 2.29. The van der Waals surface area contributed by atoms with E-state index in [1.54, 1.807) is 14.1 Å². The highest BCUT2D eigenvalue weighted by molar-refractivity contribution is 6.26. The fraction of sp³-hybridized carbons (Fsp3) is 0.333. The van der Waals surface area contributed by atoms with Gasteiger partial charge in [0, 0.05) is 41.7 Å². The summed E-state index contributed by atoms with van der Waals surface area (Å²) in [6.07, 6.45) is 0. The van der Waals surface area contributed by atoms with E-state index in [1.165, 1.54) is 0 Å². The molecule has 0 saturated heterocycles. The van der Waals surface area contributed by atoms with Crippen LogP contribution in [-0.4, -0.2) is 57.6 Å². The average Bonchev–Trinajstić information content (AvgIpc) is 2.61. The second-order valence-corrected chi connectivity index (χ2v) is 7.50. The van der Waals surface area contributed by atoms with Crippen molar-refractivity contribution in [2.45, 2.75) is 19.4 Å². The van der Waals surface area contributed by atoms with E-state index in [4.69, 9.17) is 0 Å². The molecule has 2 amide bonds. The van der Waals surface area contributed by atoms with Gasteiger partial charge in [0.25, 0.3) is 23.2 Å². The van der Waals surface area contributed by atoms with Crippen LogP contribution in [0.1, 0.15) is 34.6 Å². The van der Waals surface area contributed by atoms with Crippen molar-refractivity contribution < 1.29 is 19.4 Å². The number of nitrogens with zero attached hydrogens (tertiary/aromatic N) is 4. The van der Waals surface area contributed by atoms with E-state index in [-0.39, 0.29) is 39.8 Å². The molecular weight excluding hydrogens is 368 g/mol. The van der Waals surface area contributed by atoms with Gasteiger partial charge in [-0.3, -0.25) is 34.7 Å². The molecule has 0 aromatic heterocycles. The van der Waals surface area contributed by atoms with Gasteiger partial charge in [0.2, 0.25) is 0 Å². The Bertz CT molecular complexity index is 991. The van der Waals surface area contributed by atoms with Crippen LogP contribution in [0.25, 0.3) is 10.8 Å². The number of nitro groups is 2. The number of amides is 2. The van der Waals surface area contributed by atoms with E-state index in [0.717, 1.165) is 29.2 Å². The Labute approximate surface area is 159 Å². The number of hydrogen-bond acceptors (Lipinski definition) is 7. The molecule has 0 bridgehead atoms. The molecule has 0 N–H and O–H groups in total. The standard InChI is InChI=1S/C18H18N4O6/c1-18(2,19(3)4)9-20-16(23)13-7-11(21(25)26)5-10-6-12(22(27)28)8-14(15(10)13)17(20)24/h5-8H,9H2,1-4H3. The molecule has 146 valence electrons. The molecule has 0 atom stereocenters. The largest absolute Gasteiger partial charge is 0.302 e. The van der Waals surface area contributed by atoms with Gasteiger partial charge >= 0.3 is 0 Å². The zero-order valence-corrected chi connectivity index (χ0v) is 15.8. The van der Waals surface area contributed by atoms with Crippen LogP contribution < -0.4 is 0 Å². The van der Waals surface area contributed by atoms with Crippen LogP contribution in [0.3, 0.4) is 0 Å². The molecule has 10 nitrogen and oxygen atoms in total. The molecule has 28 heavy (non-hydrogen) atoms. The molecule has 0 radical (unpaired) electrons. The van der Waals surface area contributed by atoms with Crippen molar-refractivity contribution in [1.82, 2.24) is 9.80 Å². The fourth-order valence-corrected chi connectivity index (χ4v) is 3.09. The second-order valence-electron chi connectivity index (χ2n) is 7.50. The van der Waals surface area contributed by atoms with Gasteiger partial charge in [-0.25, -0.2) is 0 Å². The summed E-state index contributed by atoms with van der Waals surface area (Å²) in [4.78, 5) is 50.1. The lowest BCUT2D eigenvalue weighted by Gasteiger charge is -2.38. The Morgan fingerprint density at radius 3 is 1.71 bits per heavy atom. The highest BCUT2D eigenvalue weighted by Gasteiger charge is 2.39. The van der Waals surface area contributed by atoms with E-state index < -0.39 is 27.2 Å². The molecule has 0 saturated carbocycles. The minimum atomic E-state index is -0.674. The number of rotatable bonds is 5. The summed E-state index contributed by atoms with van der Waals surface area (Å²) in [5.41, 5.74) is -1.35. The fourth-order valence-electron chi connectivity index (χ4n) is 3.09. The number of non-ortho nitro benzene ring substituents is 2. The first-order valence-corrected chi connectivity index (χ1v) is 8.38. The van der Waals surface area contributed by atoms with Gasteiger partial charge in [0.05, 0.1) is 21.0 Å². The average molecular weight is 386 g/mol. The normalized spacial score (nSPS) is 14.1. The molecule has 1 aliphatic heterocycles. The predicted molar refractivity (Wildman–Crippen MR) is 100 cm³/mol. The zero-order chi connectivity index (χ0) is 21.0. The molecule has 0 aliphatic carbocycles. The molecule has 1 aliphatic rings. The maximum Gasteiger partial charge on any atom is 0.270 e. The molecule has 0 fully saturated rings. The zero-order valence-electron chi connectivity index (χ0n) is 15.8. The van der Waals surface area contributed by atoms with E-state index in [0.29, 0.717) is 0 Å². The lowest BCUT2D eigenvalue weighted by Crippen LogP contribution is -2.53. The van der Waals surface area contributed by atoms with Gasteiger partial charge < -0.3 is 4.90 Å². The van der Waals surface area contributed by atoms with E-state index >= 15 is 0 Å². The Morgan fingerprint density at radius 1 is 0.929 bits per heavy atom. The van der Waals surface area contributed by atoms with Gasteiger partial charge in [-0.15, -0.1) is 0 Å². The third-order valence-corrected chi connectivity index (χ3v) is 5.15. The maximum absolute atomic E-state index is 13.0. The van der Waals surface area contributed by atoms with Crippen LogP contribution >= 0.6 is 0 Å². The SMILES string of the molecule is CN(C)C(C)(C)CN1C(=O)c2cc([N+](=O)[O-])cc3cc([N+](=O)[O-])cc(c23)C1=O. The minimum absolute atomic E-state index is 0.0109. The van der Waals surface area contributed by atoms with Gasteiger partial charge in [-0.1, -0.05) is 0 Å². The quantitative estimate of drug-likeness (QED) is 0.439. The summed E-state index contributed by atoms with van der Waals surface area (Å²) < 4.78 is 0. The van der Waals surface area contributed by atoms with Crippen molar-refractivity contribution in [2.75, 3.05) is 20.6 Å². The smallest absolute Gasteiger partial charge is 0.270 e. The van der Waals surface area contributed by atoms with Crippen LogP contribution in [0.5, 0.6) is 0 Å². The topological polar surface area (TPSA) is 127 Å². The predicted octanol–water partition coefficient (Wildman–Crippen LogP) is 2.59. The number of nitro benzene ring substituents is 2. The molecule has 0 spiro atoms. The number of carbonyl (C=O) groups excluding carboxylic acids is 2. The van der Waals surface area contributed by atoms with E-state index in [9.17, 15) is 29.8 Å². The number of carbonyl (C=O) groups is 2. The third kappa shape index (κ3) is 2.97. The van der Waals surface area contributed by atoms with Gasteiger partial charge in [-0.2, -0.15) is 0 Å². The Kier molecular flexibility index (Phi) is 4.39. The number of imide groups is 1. The van der Waals surface area contributed by atoms with Gasteiger partial charge in [0.1, 0.15) is 0 Å². The highest BCUT2D eigenvalue weighted by Crippen LogP contribution is 2.36. The number of hydrogen-bond donors (Lipinski definition) is 0. The van der Waals surface area contributed by atoms with Crippen LogP contribution in [0, 0.1) is 20.2 Å². The first-order chi connectivity index (χ1) is 12.9. The van der Waals surface area contributed by atoms with Crippen LogP contribution in [0.15, 0.2) is 24.3 Å². The molecule has 1 heterocycles. The van der Waals surface area contributed by atoms with Crippen molar-refractivity contribution in [3.63, 3.8) is 0 Å². The summed E-state index contributed by atoms with van der Waals surface area (Å²) in [5.74, 6) is -1.31. The highest BCUT2D eigenvalue weighted by atomic mass is 16.6. The van der Waals surface area contributed by atoms with Crippen molar-refractivity contribution >= 4 is 34.0 Å². The Morgan fingerprint density at radius 2 is 1.36 bits per heavy atom. The van der Waals surface area contributed by atoms with Crippen LogP contribution in [0.2, 0.25) is 0 Å². The second kappa shape index (κ2) is 6.34. The molecule has 3 rings (SSSR count). The van der Waals surface area contributed by atoms with Crippen LogP contribution in [0.4, 0.5) is 11.4 Å². The molecule has 2 aromatic rings. The monoisotopic (exact) mass is 386 g/mol. The molecule has 2 aromatic carbocycles. The maximum atomic E-state index is 13.0. The summed E-state index contributed by atoms with van der Waals surface area (Å²) in [5, 5.41) is 22.9. The first kappa shape index (κ1) is 19.4. The molecular formula is C18H18N4O6. The number of benzene rings is 2. The Hall–Kier alpha value is -3.40. The number of likely N-dealkylation sites (N-methyl/N-ethyl adjacent to an activating group) is 1. The van der Waals surface area contributed by atoms with Gasteiger partial charge in [0.15, 0.2) is 0 Å². The van der Waals surface area contributed by atoms with Crippen molar-refractivity contribution in [1.29, 1.82) is 0 Å². The van der Waals surface area contributed by atoms with E-state index in [1.807, 2.05) is 18.7 Å². The summed E-state index contributed by atoms with van der Waals surface area (Å²) in [7, 11) is 3.59. The summed E-state index contributed by atoms with van der Waals surface area (Å²) in [6.45, 7) is 3.68. The minimum Gasteiger partial charge on any atom is -0.302 e. The van der Waals surface area contributed by atoms with Gasteiger partial charge in [-0.05, 0) is 33.3 Å².